The Morgan fingerprint density at radius 3 is 2.42 bits per heavy atom. The summed E-state index contributed by atoms with van der Waals surface area (Å²) in [4.78, 5) is 36.3. The highest BCUT2D eigenvalue weighted by Crippen LogP contribution is 2.37. The molecule has 0 spiro atoms. The molecule has 0 bridgehead atoms. The van der Waals surface area contributed by atoms with Gasteiger partial charge >= 0.3 is 5.63 Å². The zero-order valence-electron chi connectivity index (χ0n) is 22.3. The zero-order chi connectivity index (χ0) is 29.0. The molecule has 1 aliphatic heterocycles. The first kappa shape index (κ1) is 29.6. The van der Waals surface area contributed by atoms with E-state index in [1.807, 2.05) is 30.3 Å². The van der Waals surface area contributed by atoms with E-state index in [1.165, 1.54) is 14.0 Å². The van der Waals surface area contributed by atoms with Gasteiger partial charge in [-0.1, -0.05) is 47.7 Å². The number of nitrogens with zero attached hydrogens (tertiary/aromatic N) is 1. The standard InChI is InChI=1S/C28H34N2O10/c1-15(30(37-3)40-28-23(29-16(2)32)26(35)25(34)21(14-31)39-28)13-19(17-9-5-4-6-10-17)22-24(33)18-11-7-8-12-20(18)38-27(22)36/h4-12,15,19,21,23,25-26,28,31,33-35H,13-14H2,1-3H3,(H,29,32)/t15?,19?,21-,23-,25+,26-,28?/m1/s1. The van der Waals surface area contributed by atoms with E-state index in [4.69, 9.17) is 18.8 Å². The Kier molecular flexibility index (Phi) is 9.53. The number of rotatable bonds is 10. The summed E-state index contributed by atoms with van der Waals surface area (Å²) in [5.41, 5.74) is 0.364. The molecule has 40 heavy (non-hydrogen) atoms. The molecule has 1 fully saturated rings. The summed E-state index contributed by atoms with van der Waals surface area (Å²) in [6, 6.07) is 14.0. The van der Waals surface area contributed by atoms with E-state index < -0.39 is 60.7 Å². The number of hydroxylamine groups is 2. The van der Waals surface area contributed by atoms with Gasteiger partial charge in [-0.25, -0.2) is 9.63 Å². The number of aromatic hydroxyl groups is 1. The van der Waals surface area contributed by atoms with Crippen LogP contribution >= 0.6 is 0 Å². The van der Waals surface area contributed by atoms with Crippen molar-refractivity contribution in [3.05, 3.63) is 76.1 Å². The molecular weight excluding hydrogens is 524 g/mol. The fourth-order valence-electron chi connectivity index (χ4n) is 4.98. The van der Waals surface area contributed by atoms with Gasteiger partial charge in [-0.2, -0.15) is 0 Å². The lowest BCUT2D eigenvalue weighted by atomic mass is 9.86. The molecule has 3 unspecified atom stereocenters. The highest BCUT2D eigenvalue weighted by atomic mass is 17.0. The average Bonchev–Trinajstić information content (AvgIpc) is 2.94. The molecule has 1 aromatic heterocycles. The minimum atomic E-state index is -1.51. The Labute approximate surface area is 230 Å². The van der Waals surface area contributed by atoms with Crippen molar-refractivity contribution in [2.24, 2.45) is 0 Å². The Balaban J connectivity index is 1.66. The number of hydrogen-bond acceptors (Lipinski definition) is 11. The number of carbonyl (C=O) groups excluding carboxylic acids is 1. The third kappa shape index (κ3) is 6.18. The van der Waals surface area contributed by atoms with Gasteiger partial charge in [0, 0.05) is 12.8 Å². The summed E-state index contributed by atoms with van der Waals surface area (Å²) in [5, 5.41) is 45.7. The summed E-state index contributed by atoms with van der Waals surface area (Å²) in [5.74, 6) is -1.35. The summed E-state index contributed by atoms with van der Waals surface area (Å²) in [6.45, 7) is 2.36. The van der Waals surface area contributed by atoms with Gasteiger partial charge in [-0.05, 0) is 31.0 Å². The minimum absolute atomic E-state index is 0.0664. The third-order valence-corrected chi connectivity index (χ3v) is 6.95. The van der Waals surface area contributed by atoms with Gasteiger partial charge in [0.05, 0.1) is 30.7 Å². The number of hydrogen-bond donors (Lipinski definition) is 5. The van der Waals surface area contributed by atoms with Gasteiger partial charge in [0.2, 0.25) is 12.2 Å². The Morgan fingerprint density at radius 1 is 1.10 bits per heavy atom. The Hall–Kier alpha value is -3.36. The molecule has 216 valence electrons. The van der Waals surface area contributed by atoms with Crippen LogP contribution in [0.1, 0.15) is 37.3 Å². The fourth-order valence-corrected chi connectivity index (χ4v) is 4.98. The van der Waals surface area contributed by atoms with Gasteiger partial charge in [0.15, 0.2) is 0 Å². The first-order valence-electron chi connectivity index (χ1n) is 12.9. The number of carbonyl (C=O) groups is 1. The molecule has 1 saturated heterocycles. The Morgan fingerprint density at radius 2 is 1.77 bits per heavy atom. The van der Waals surface area contributed by atoms with E-state index >= 15 is 0 Å². The van der Waals surface area contributed by atoms with E-state index in [2.05, 4.69) is 5.32 Å². The van der Waals surface area contributed by atoms with Crippen molar-refractivity contribution >= 4 is 16.9 Å². The number of nitrogens with one attached hydrogen (secondary N) is 1. The third-order valence-electron chi connectivity index (χ3n) is 6.95. The van der Waals surface area contributed by atoms with Crippen LogP contribution in [0.4, 0.5) is 0 Å². The van der Waals surface area contributed by atoms with E-state index in [0.717, 1.165) is 10.8 Å². The molecule has 0 aliphatic carbocycles. The SMILES string of the molecule is CON(OC1O[C@H](CO)[C@H](O)[C@H](O)[C@H]1NC(C)=O)C(C)CC(c1ccccc1)c1c(O)c2ccccc2oc1=O. The summed E-state index contributed by atoms with van der Waals surface area (Å²) in [6.07, 6.45) is -5.34. The van der Waals surface area contributed by atoms with Crippen molar-refractivity contribution in [2.75, 3.05) is 13.7 Å². The maximum absolute atomic E-state index is 13.2. The second-order valence-corrected chi connectivity index (χ2v) is 9.70. The molecule has 3 aromatic rings. The quantitative estimate of drug-likeness (QED) is 0.179. The number of fused-ring (bicyclic) bond motifs is 1. The number of aliphatic hydroxyl groups is 3. The van der Waals surface area contributed by atoms with Gasteiger partial charge < -0.3 is 34.9 Å². The van der Waals surface area contributed by atoms with Crippen LogP contribution in [0.5, 0.6) is 5.75 Å². The highest BCUT2D eigenvalue weighted by molar-refractivity contribution is 5.84. The number of benzene rings is 2. The van der Waals surface area contributed by atoms with Gasteiger partial charge in [0.25, 0.3) is 0 Å². The molecular formula is C28H34N2O10. The van der Waals surface area contributed by atoms with Gasteiger partial charge in [-0.15, -0.1) is 0 Å². The van der Waals surface area contributed by atoms with Crippen LogP contribution in [0.2, 0.25) is 0 Å². The Bertz CT molecular complexity index is 1350. The summed E-state index contributed by atoms with van der Waals surface area (Å²) in [7, 11) is 1.33. The molecule has 12 nitrogen and oxygen atoms in total. The van der Waals surface area contributed by atoms with Crippen LogP contribution in [-0.2, 0) is 19.2 Å². The molecule has 0 saturated carbocycles. The number of para-hydroxylation sites is 1. The van der Waals surface area contributed by atoms with E-state index in [0.29, 0.717) is 5.39 Å². The second kappa shape index (κ2) is 12.9. The number of aliphatic hydroxyl groups excluding tert-OH is 3. The molecule has 1 amide bonds. The van der Waals surface area contributed by atoms with E-state index in [9.17, 15) is 30.0 Å². The average molecular weight is 559 g/mol. The monoisotopic (exact) mass is 558 g/mol. The summed E-state index contributed by atoms with van der Waals surface area (Å²) < 4.78 is 11.2. The smallest absolute Gasteiger partial charge is 0.343 e. The molecule has 4 rings (SSSR count). The molecule has 1 aliphatic rings. The largest absolute Gasteiger partial charge is 0.507 e. The lowest BCUT2D eigenvalue weighted by Crippen LogP contribution is -2.65. The van der Waals surface area contributed by atoms with Crippen molar-refractivity contribution in [1.29, 1.82) is 0 Å². The van der Waals surface area contributed by atoms with Crippen LogP contribution in [0.25, 0.3) is 11.0 Å². The first-order chi connectivity index (χ1) is 19.2. The topological polar surface area (TPSA) is 171 Å². The fraction of sp³-hybridized carbons (Fsp3) is 0.429. The first-order valence-corrected chi connectivity index (χ1v) is 12.9. The van der Waals surface area contributed by atoms with Crippen molar-refractivity contribution in [2.45, 2.75) is 62.9 Å². The normalized spacial score (nSPS) is 24.6. The molecule has 5 N–H and O–H groups in total. The van der Waals surface area contributed by atoms with Gasteiger partial charge in [-0.3, -0.25) is 9.63 Å². The lowest BCUT2D eigenvalue weighted by Gasteiger charge is -2.43. The molecule has 0 radical (unpaired) electrons. The van der Waals surface area contributed by atoms with Crippen LogP contribution < -0.4 is 10.9 Å². The predicted octanol–water partition coefficient (Wildman–Crippen LogP) is 1.15. The molecule has 12 heteroatoms. The predicted molar refractivity (Wildman–Crippen MR) is 142 cm³/mol. The molecule has 7 atom stereocenters. The number of ether oxygens (including phenoxy) is 1. The van der Waals surface area contributed by atoms with Crippen molar-refractivity contribution in [1.82, 2.24) is 10.5 Å². The van der Waals surface area contributed by atoms with Crippen LogP contribution in [0, 0.1) is 0 Å². The maximum Gasteiger partial charge on any atom is 0.343 e. The zero-order valence-corrected chi connectivity index (χ0v) is 22.3. The van der Waals surface area contributed by atoms with E-state index in [-0.39, 0.29) is 23.3 Å². The lowest BCUT2D eigenvalue weighted by molar-refractivity contribution is -0.444. The van der Waals surface area contributed by atoms with E-state index in [1.54, 1.807) is 31.2 Å². The minimum Gasteiger partial charge on any atom is -0.507 e. The van der Waals surface area contributed by atoms with Crippen LogP contribution in [0.15, 0.2) is 63.8 Å². The maximum atomic E-state index is 13.2. The second-order valence-electron chi connectivity index (χ2n) is 9.70. The van der Waals surface area contributed by atoms with Gasteiger partial charge in [0.1, 0.15) is 35.7 Å². The van der Waals surface area contributed by atoms with Crippen molar-refractivity contribution in [3.8, 4) is 5.75 Å². The van der Waals surface area contributed by atoms with Crippen molar-refractivity contribution < 1.29 is 44.0 Å². The van der Waals surface area contributed by atoms with Crippen LogP contribution in [-0.4, -0.2) is 82.0 Å². The van der Waals surface area contributed by atoms with Crippen molar-refractivity contribution in [3.63, 3.8) is 0 Å². The molecule has 2 aromatic carbocycles. The number of amides is 1. The van der Waals surface area contributed by atoms with Crippen LogP contribution in [0.3, 0.4) is 0 Å². The summed E-state index contributed by atoms with van der Waals surface area (Å²) >= 11 is 0. The molecule has 2 heterocycles. The highest BCUT2D eigenvalue weighted by Gasteiger charge is 2.47.